The van der Waals surface area contributed by atoms with Crippen molar-refractivity contribution in [3.05, 3.63) is 94.6 Å². The van der Waals surface area contributed by atoms with E-state index >= 15 is 0 Å². The highest BCUT2D eigenvalue weighted by atomic mass is 16.5. The second-order valence-corrected chi connectivity index (χ2v) is 6.66. The molecule has 0 aromatic heterocycles. The van der Waals surface area contributed by atoms with Crippen LogP contribution >= 0.6 is 0 Å². The lowest BCUT2D eigenvalue weighted by Gasteiger charge is -2.31. The average molecular weight is 406 g/mol. The third kappa shape index (κ3) is 3.89. The molecule has 0 radical (unpaired) electrons. The molecular weight excluding hydrogens is 384 g/mol. The first kappa shape index (κ1) is 21.0. The molecule has 1 aliphatic carbocycles. The molecule has 0 saturated carbocycles. The van der Waals surface area contributed by atoms with Gasteiger partial charge in [-0.3, -0.25) is 0 Å². The van der Waals surface area contributed by atoms with Crippen LogP contribution < -0.4 is 0 Å². The maximum Gasteiger partial charge on any atom is 0.335 e. The number of carbonyl (C=O) groups is 3. The molecule has 0 aliphatic heterocycles. The van der Waals surface area contributed by atoms with Gasteiger partial charge in [-0.1, -0.05) is 66.7 Å². The molecule has 6 heteroatoms. The van der Waals surface area contributed by atoms with E-state index in [1.54, 1.807) is 30.3 Å². The van der Waals surface area contributed by atoms with Crippen molar-refractivity contribution in [1.29, 1.82) is 0 Å². The summed E-state index contributed by atoms with van der Waals surface area (Å²) in [5, 5.41) is 0. The van der Waals surface area contributed by atoms with Crippen LogP contribution in [0, 0.1) is 0 Å². The van der Waals surface area contributed by atoms with E-state index in [4.69, 9.17) is 14.2 Å². The lowest BCUT2D eigenvalue weighted by molar-refractivity contribution is -0.140. The quantitative estimate of drug-likeness (QED) is 0.560. The van der Waals surface area contributed by atoms with Gasteiger partial charge in [0, 0.05) is 17.4 Å². The second-order valence-electron chi connectivity index (χ2n) is 6.66. The Morgan fingerprint density at radius 1 is 0.633 bits per heavy atom. The molecule has 2 atom stereocenters. The minimum absolute atomic E-state index is 0.0623. The standard InChI is InChI=1S/C24H22O6/c1-28-22(25)18-14-17(15-10-6-4-7-11-15)20(23(26)29-2)21(24(27)30-3)19(18)16-12-8-5-9-13-16/h4-14,17,19H,1-3H3/t17-,19+/m0/s1. The molecule has 0 saturated heterocycles. The number of ether oxygens (including phenoxy) is 3. The van der Waals surface area contributed by atoms with Crippen molar-refractivity contribution in [3.63, 3.8) is 0 Å². The lowest BCUT2D eigenvalue weighted by Crippen LogP contribution is -2.30. The molecule has 0 bridgehead atoms. The van der Waals surface area contributed by atoms with Crippen molar-refractivity contribution >= 4 is 17.9 Å². The Kier molecular flexibility index (Phi) is 6.47. The van der Waals surface area contributed by atoms with Gasteiger partial charge in [0.2, 0.25) is 0 Å². The van der Waals surface area contributed by atoms with E-state index in [9.17, 15) is 14.4 Å². The smallest absolute Gasteiger partial charge is 0.335 e. The Labute approximate surface area is 174 Å². The highest BCUT2D eigenvalue weighted by Gasteiger charge is 2.42. The normalized spacial score (nSPS) is 18.3. The molecule has 0 heterocycles. The summed E-state index contributed by atoms with van der Waals surface area (Å²) in [6, 6.07) is 18.1. The van der Waals surface area contributed by atoms with Crippen molar-refractivity contribution in [2.24, 2.45) is 0 Å². The highest BCUT2D eigenvalue weighted by molar-refractivity contribution is 6.07. The molecule has 3 rings (SSSR count). The molecule has 0 amide bonds. The number of esters is 3. The van der Waals surface area contributed by atoms with E-state index in [1.807, 2.05) is 36.4 Å². The molecule has 154 valence electrons. The summed E-state index contributed by atoms with van der Waals surface area (Å²) in [7, 11) is 3.77. The zero-order chi connectivity index (χ0) is 21.7. The second kappa shape index (κ2) is 9.22. The van der Waals surface area contributed by atoms with Gasteiger partial charge in [-0.15, -0.1) is 0 Å². The van der Waals surface area contributed by atoms with Crippen LogP contribution in [0.1, 0.15) is 23.0 Å². The van der Waals surface area contributed by atoms with Crippen LogP contribution in [-0.4, -0.2) is 39.2 Å². The Balaban J connectivity index is 2.37. The molecule has 1 aliphatic rings. The molecule has 0 fully saturated rings. The monoisotopic (exact) mass is 406 g/mol. The SMILES string of the molecule is COC(=O)C1=C[C@@H](c2ccccc2)C(C(=O)OC)=C(C(=O)OC)[C@@H]1c1ccccc1. The van der Waals surface area contributed by atoms with Crippen molar-refractivity contribution in [2.45, 2.75) is 11.8 Å². The predicted molar refractivity (Wildman–Crippen MR) is 110 cm³/mol. The van der Waals surface area contributed by atoms with Crippen molar-refractivity contribution in [2.75, 3.05) is 21.3 Å². The van der Waals surface area contributed by atoms with Gasteiger partial charge in [-0.05, 0) is 11.1 Å². The molecule has 2 aromatic carbocycles. The molecule has 0 unspecified atom stereocenters. The van der Waals surface area contributed by atoms with Crippen LogP contribution in [0.25, 0.3) is 0 Å². The van der Waals surface area contributed by atoms with Crippen molar-refractivity contribution in [1.82, 2.24) is 0 Å². The number of allylic oxidation sites excluding steroid dienone is 1. The Bertz CT molecular complexity index is 1000. The van der Waals surface area contributed by atoms with Gasteiger partial charge in [0.05, 0.1) is 32.5 Å². The van der Waals surface area contributed by atoms with Gasteiger partial charge in [0.15, 0.2) is 0 Å². The van der Waals surface area contributed by atoms with Crippen LogP contribution in [0.5, 0.6) is 0 Å². The van der Waals surface area contributed by atoms with E-state index in [-0.39, 0.29) is 16.7 Å². The molecular formula is C24H22O6. The zero-order valence-corrected chi connectivity index (χ0v) is 17.0. The van der Waals surface area contributed by atoms with E-state index in [1.165, 1.54) is 21.3 Å². The van der Waals surface area contributed by atoms with E-state index in [0.717, 1.165) is 5.56 Å². The fourth-order valence-electron chi connectivity index (χ4n) is 3.74. The van der Waals surface area contributed by atoms with Crippen molar-refractivity contribution in [3.8, 4) is 0 Å². The number of hydrogen-bond acceptors (Lipinski definition) is 6. The van der Waals surface area contributed by atoms with Gasteiger partial charge < -0.3 is 14.2 Å². The summed E-state index contributed by atoms with van der Waals surface area (Å²) in [5.74, 6) is -3.47. The summed E-state index contributed by atoms with van der Waals surface area (Å²) in [6.45, 7) is 0. The molecule has 0 N–H and O–H groups in total. The first-order chi connectivity index (χ1) is 14.5. The van der Waals surface area contributed by atoms with Crippen LogP contribution in [0.2, 0.25) is 0 Å². The minimum atomic E-state index is -0.833. The summed E-state index contributed by atoms with van der Waals surface area (Å²) in [4.78, 5) is 38.6. The predicted octanol–water partition coefficient (Wildman–Crippen LogP) is 3.31. The maximum atomic E-state index is 12.9. The summed E-state index contributed by atoms with van der Waals surface area (Å²) in [6.07, 6.45) is 1.66. The average Bonchev–Trinajstić information content (AvgIpc) is 2.82. The van der Waals surface area contributed by atoms with Crippen LogP contribution in [0.15, 0.2) is 83.5 Å². The van der Waals surface area contributed by atoms with Gasteiger partial charge >= 0.3 is 17.9 Å². The van der Waals surface area contributed by atoms with Crippen LogP contribution in [-0.2, 0) is 28.6 Å². The number of methoxy groups -OCH3 is 3. The Morgan fingerprint density at radius 3 is 1.60 bits per heavy atom. The summed E-state index contributed by atoms with van der Waals surface area (Å²) >= 11 is 0. The van der Waals surface area contributed by atoms with Crippen molar-refractivity contribution < 1.29 is 28.6 Å². The molecule has 0 spiro atoms. The highest BCUT2D eigenvalue weighted by Crippen LogP contribution is 2.45. The fraction of sp³-hybridized carbons (Fsp3) is 0.208. The molecule has 2 aromatic rings. The third-order valence-corrected chi connectivity index (χ3v) is 5.07. The van der Waals surface area contributed by atoms with E-state index < -0.39 is 29.7 Å². The Morgan fingerprint density at radius 2 is 1.10 bits per heavy atom. The zero-order valence-electron chi connectivity index (χ0n) is 17.0. The van der Waals surface area contributed by atoms with Crippen LogP contribution in [0.3, 0.4) is 0 Å². The fourth-order valence-corrected chi connectivity index (χ4v) is 3.74. The largest absolute Gasteiger partial charge is 0.466 e. The van der Waals surface area contributed by atoms with Gasteiger partial charge in [-0.2, -0.15) is 0 Å². The third-order valence-electron chi connectivity index (χ3n) is 5.07. The first-order valence-corrected chi connectivity index (χ1v) is 9.34. The minimum Gasteiger partial charge on any atom is -0.466 e. The van der Waals surface area contributed by atoms with Gasteiger partial charge in [0.1, 0.15) is 0 Å². The number of rotatable bonds is 5. The Hall–Kier alpha value is -3.67. The van der Waals surface area contributed by atoms with E-state index in [0.29, 0.717) is 5.56 Å². The van der Waals surface area contributed by atoms with Crippen LogP contribution in [0.4, 0.5) is 0 Å². The number of benzene rings is 2. The maximum absolute atomic E-state index is 12.9. The topological polar surface area (TPSA) is 78.9 Å². The lowest BCUT2D eigenvalue weighted by atomic mass is 9.72. The van der Waals surface area contributed by atoms with Gasteiger partial charge in [0.25, 0.3) is 0 Å². The molecule has 6 nitrogen and oxygen atoms in total. The van der Waals surface area contributed by atoms with Gasteiger partial charge in [-0.25, -0.2) is 14.4 Å². The summed E-state index contributed by atoms with van der Waals surface area (Å²) < 4.78 is 15.1. The van der Waals surface area contributed by atoms with E-state index in [2.05, 4.69) is 0 Å². The molecule has 30 heavy (non-hydrogen) atoms. The number of hydrogen-bond donors (Lipinski definition) is 0. The summed E-state index contributed by atoms with van der Waals surface area (Å²) in [5.41, 5.74) is 1.84. The first-order valence-electron chi connectivity index (χ1n) is 9.34. The number of carbonyl (C=O) groups excluding carboxylic acids is 3.